The quantitative estimate of drug-likeness (QED) is 0.535. The van der Waals surface area contributed by atoms with Crippen LogP contribution in [-0.2, 0) is 11.3 Å². The van der Waals surface area contributed by atoms with Gasteiger partial charge < -0.3 is 4.90 Å². The number of thiazole rings is 1. The fraction of sp³-hybridized carbons (Fsp3) is 0.385. The van der Waals surface area contributed by atoms with Crippen molar-refractivity contribution in [3.63, 3.8) is 0 Å². The number of carbonyl (C=O) groups is 1. The van der Waals surface area contributed by atoms with E-state index in [2.05, 4.69) is 58.8 Å². The molecule has 3 aromatic rings. The van der Waals surface area contributed by atoms with Gasteiger partial charge in [-0.15, -0.1) is 11.3 Å². The van der Waals surface area contributed by atoms with Crippen LogP contribution in [0.4, 0.5) is 0 Å². The topological polar surface area (TPSA) is 36.4 Å². The van der Waals surface area contributed by atoms with Crippen LogP contribution >= 0.6 is 11.3 Å². The Morgan fingerprint density at radius 3 is 2.13 bits per heavy atom. The molecule has 2 aliphatic rings. The maximum atomic E-state index is 13.2. The normalized spacial score (nSPS) is 17.3. The van der Waals surface area contributed by atoms with Gasteiger partial charge in [0.25, 0.3) is 0 Å². The van der Waals surface area contributed by atoms with E-state index in [1.165, 1.54) is 34.7 Å². The van der Waals surface area contributed by atoms with Crippen LogP contribution in [0.25, 0.3) is 0 Å². The van der Waals surface area contributed by atoms with Crippen LogP contribution in [0.1, 0.15) is 52.9 Å². The predicted octanol–water partition coefficient (Wildman–Crippen LogP) is 4.89. The van der Waals surface area contributed by atoms with E-state index in [1.807, 2.05) is 17.0 Å². The third kappa shape index (κ3) is 5.05. The lowest BCUT2D eigenvalue weighted by atomic mass is 9.88. The molecular weight excluding hydrogens is 402 g/mol. The first kappa shape index (κ1) is 20.4. The molecule has 2 fully saturated rings. The minimum absolute atomic E-state index is 0.101. The van der Waals surface area contributed by atoms with Crippen molar-refractivity contribution in [2.75, 3.05) is 26.2 Å². The molecule has 0 bridgehead atoms. The first-order valence-corrected chi connectivity index (χ1v) is 12.2. The molecule has 0 spiro atoms. The van der Waals surface area contributed by atoms with Crippen molar-refractivity contribution in [3.05, 3.63) is 87.9 Å². The smallest absolute Gasteiger partial charge is 0.223 e. The summed E-state index contributed by atoms with van der Waals surface area (Å²) in [6.45, 7) is 4.36. The Kier molecular flexibility index (Phi) is 6.14. The Balaban J connectivity index is 1.19. The third-order valence-electron chi connectivity index (χ3n) is 6.43. The number of rotatable bonds is 7. The van der Waals surface area contributed by atoms with Gasteiger partial charge in [0.1, 0.15) is 5.01 Å². The molecule has 1 aromatic heterocycles. The lowest BCUT2D eigenvalue weighted by Crippen LogP contribution is -2.48. The lowest BCUT2D eigenvalue weighted by Gasteiger charge is -2.35. The summed E-state index contributed by atoms with van der Waals surface area (Å²) in [5, 5.41) is 3.45. The van der Waals surface area contributed by atoms with Crippen molar-refractivity contribution >= 4 is 17.2 Å². The SMILES string of the molecule is O=C(CC(c1ccccc1)c1ccccc1)N1CCN(Cc2nc(C3CC3)cs2)CC1. The van der Waals surface area contributed by atoms with E-state index in [4.69, 9.17) is 4.98 Å². The van der Waals surface area contributed by atoms with Gasteiger partial charge in [-0.25, -0.2) is 4.98 Å². The Labute approximate surface area is 188 Å². The Morgan fingerprint density at radius 1 is 0.935 bits per heavy atom. The molecule has 1 amide bonds. The number of aromatic nitrogens is 1. The van der Waals surface area contributed by atoms with E-state index in [0.717, 1.165) is 38.6 Å². The number of nitrogens with zero attached hydrogens (tertiary/aromatic N) is 3. The van der Waals surface area contributed by atoms with E-state index in [0.29, 0.717) is 6.42 Å². The molecule has 0 unspecified atom stereocenters. The standard InChI is InChI=1S/C26H29N3OS/c30-26(17-23(20-7-3-1-4-8-20)21-9-5-2-6-10-21)29-15-13-28(14-16-29)18-25-27-24(19-31-25)22-11-12-22/h1-10,19,22-23H,11-18H2. The highest BCUT2D eigenvalue weighted by Gasteiger charge is 2.28. The Hall–Kier alpha value is -2.50. The minimum Gasteiger partial charge on any atom is -0.340 e. The molecule has 31 heavy (non-hydrogen) atoms. The molecule has 1 saturated heterocycles. The van der Waals surface area contributed by atoms with E-state index in [9.17, 15) is 4.79 Å². The number of carbonyl (C=O) groups excluding carboxylic acids is 1. The molecule has 5 rings (SSSR count). The Morgan fingerprint density at radius 2 is 1.55 bits per heavy atom. The van der Waals surface area contributed by atoms with Gasteiger partial charge in [0.2, 0.25) is 5.91 Å². The third-order valence-corrected chi connectivity index (χ3v) is 7.28. The van der Waals surface area contributed by atoms with Gasteiger partial charge in [0.05, 0.1) is 12.2 Å². The maximum Gasteiger partial charge on any atom is 0.223 e. The van der Waals surface area contributed by atoms with Gasteiger partial charge in [-0.3, -0.25) is 9.69 Å². The van der Waals surface area contributed by atoms with Crippen LogP contribution in [0, 0.1) is 0 Å². The van der Waals surface area contributed by atoms with Gasteiger partial charge in [0, 0.05) is 49.8 Å². The molecule has 2 heterocycles. The zero-order valence-corrected chi connectivity index (χ0v) is 18.6. The number of benzene rings is 2. The predicted molar refractivity (Wildman–Crippen MR) is 125 cm³/mol. The van der Waals surface area contributed by atoms with Crippen LogP contribution < -0.4 is 0 Å². The zero-order valence-electron chi connectivity index (χ0n) is 17.8. The van der Waals surface area contributed by atoms with Crippen LogP contribution in [0.5, 0.6) is 0 Å². The number of piperazine rings is 1. The van der Waals surface area contributed by atoms with Crippen molar-refractivity contribution in [2.45, 2.75) is 37.6 Å². The number of hydrogen-bond acceptors (Lipinski definition) is 4. The van der Waals surface area contributed by atoms with E-state index in [-0.39, 0.29) is 11.8 Å². The highest BCUT2D eigenvalue weighted by atomic mass is 32.1. The molecule has 1 saturated carbocycles. The number of hydrogen-bond donors (Lipinski definition) is 0. The van der Waals surface area contributed by atoms with Crippen LogP contribution in [-0.4, -0.2) is 46.9 Å². The molecule has 2 aromatic carbocycles. The molecule has 0 radical (unpaired) electrons. The van der Waals surface area contributed by atoms with Crippen LogP contribution in [0.2, 0.25) is 0 Å². The summed E-state index contributed by atoms with van der Waals surface area (Å²) in [5.74, 6) is 1.08. The van der Waals surface area contributed by atoms with E-state index < -0.39 is 0 Å². The highest BCUT2D eigenvalue weighted by Crippen LogP contribution is 2.40. The summed E-state index contributed by atoms with van der Waals surface area (Å²) >= 11 is 1.79. The van der Waals surface area contributed by atoms with Crippen molar-refractivity contribution < 1.29 is 4.79 Å². The van der Waals surface area contributed by atoms with Crippen molar-refractivity contribution in [2.24, 2.45) is 0 Å². The van der Waals surface area contributed by atoms with Crippen molar-refractivity contribution in [1.82, 2.24) is 14.8 Å². The summed E-state index contributed by atoms with van der Waals surface area (Å²) < 4.78 is 0. The molecule has 1 aliphatic heterocycles. The zero-order chi connectivity index (χ0) is 21.0. The Bertz CT molecular complexity index is 952. The summed E-state index contributed by atoms with van der Waals surface area (Å²) in [6, 6.07) is 20.8. The average Bonchev–Trinajstić information content (AvgIpc) is 3.58. The molecule has 1 aliphatic carbocycles. The molecule has 160 valence electrons. The fourth-order valence-corrected chi connectivity index (χ4v) is 5.33. The fourth-order valence-electron chi connectivity index (χ4n) is 4.41. The first-order chi connectivity index (χ1) is 15.3. The molecule has 0 atom stereocenters. The molecule has 4 nitrogen and oxygen atoms in total. The summed E-state index contributed by atoms with van der Waals surface area (Å²) in [6.07, 6.45) is 3.12. The van der Waals surface area contributed by atoms with Gasteiger partial charge in [-0.05, 0) is 24.0 Å². The first-order valence-electron chi connectivity index (χ1n) is 11.3. The number of amides is 1. The molecule has 5 heteroatoms. The molecular formula is C26H29N3OS. The van der Waals surface area contributed by atoms with E-state index in [1.54, 1.807) is 11.3 Å². The van der Waals surface area contributed by atoms with Gasteiger partial charge in [-0.2, -0.15) is 0 Å². The maximum absolute atomic E-state index is 13.2. The second kappa shape index (κ2) is 9.33. The van der Waals surface area contributed by atoms with Crippen molar-refractivity contribution in [3.8, 4) is 0 Å². The average molecular weight is 432 g/mol. The van der Waals surface area contributed by atoms with Crippen molar-refractivity contribution in [1.29, 1.82) is 0 Å². The lowest BCUT2D eigenvalue weighted by molar-refractivity contribution is -0.133. The largest absolute Gasteiger partial charge is 0.340 e. The second-order valence-corrected chi connectivity index (χ2v) is 9.62. The van der Waals surface area contributed by atoms with Gasteiger partial charge in [-0.1, -0.05) is 60.7 Å². The van der Waals surface area contributed by atoms with Crippen LogP contribution in [0.3, 0.4) is 0 Å². The van der Waals surface area contributed by atoms with Gasteiger partial charge in [0.15, 0.2) is 0 Å². The van der Waals surface area contributed by atoms with Gasteiger partial charge >= 0.3 is 0 Å². The van der Waals surface area contributed by atoms with Crippen LogP contribution in [0.15, 0.2) is 66.0 Å². The molecule has 0 N–H and O–H groups in total. The van der Waals surface area contributed by atoms with E-state index >= 15 is 0 Å². The second-order valence-electron chi connectivity index (χ2n) is 8.68. The summed E-state index contributed by atoms with van der Waals surface area (Å²) in [4.78, 5) is 22.5. The summed E-state index contributed by atoms with van der Waals surface area (Å²) in [7, 11) is 0. The summed E-state index contributed by atoms with van der Waals surface area (Å²) in [5.41, 5.74) is 3.70. The monoisotopic (exact) mass is 431 g/mol. The minimum atomic E-state index is 0.101. The highest BCUT2D eigenvalue weighted by molar-refractivity contribution is 7.09.